The van der Waals surface area contributed by atoms with Gasteiger partial charge in [0.25, 0.3) is 5.91 Å². The third-order valence-corrected chi connectivity index (χ3v) is 5.18. The van der Waals surface area contributed by atoms with E-state index in [9.17, 15) is 4.79 Å². The van der Waals surface area contributed by atoms with Crippen molar-refractivity contribution in [3.05, 3.63) is 34.5 Å². The zero-order chi connectivity index (χ0) is 20.3. The third kappa shape index (κ3) is 4.20. The number of halogens is 1. The lowest BCUT2D eigenvalue weighted by Crippen LogP contribution is -2.38. The molecule has 0 aliphatic rings. The minimum atomic E-state index is -0.0610. The van der Waals surface area contributed by atoms with Gasteiger partial charge in [-0.1, -0.05) is 13.8 Å². The minimum absolute atomic E-state index is 0.0610. The monoisotopic (exact) mass is 448 g/mol. The first kappa shape index (κ1) is 20.3. The fraction of sp³-hybridized carbons (Fsp3) is 0.421. The zero-order valence-corrected chi connectivity index (χ0v) is 17.9. The Morgan fingerprint density at radius 1 is 1.18 bits per heavy atom. The van der Waals surface area contributed by atoms with Crippen LogP contribution in [0, 0.1) is 0 Å². The van der Waals surface area contributed by atoms with E-state index in [4.69, 9.17) is 10.2 Å². The fourth-order valence-corrected chi connectivity index (χ4v) is 3.37. The molecule has 3 rings (SSSR count). The van der Waals surface area contributed by atoms with Crippen LogP contribution in [-0.2, 0) is 0 Å². The van der Waals surface area contributed by atoms with Gasteiger partial charge in [0.05, 0.1) is 0 Å². The highest BCUT2D eigenvalue weighted by molar-refractivity contribution is 9.10. The van der Waals surface area contributed by atoms with Gasteiger partial charge in [-0.25, -0.2) is 4.98 Å². The number of hydrogen-bond donors (Lipinski definition) is 1. The Balaban J connectivity index is 1.86. The van der Waals surface area contributed by atoms with Crippen molar-refractivity contribution in [1.29, 1.82) is 0 Å². The summed E-state index contributed by atoms with van der Waals surface area (Å²) < 4.78 is 7.61. The normalized spacial score (nSPS) is 11.5. The molecule has 0 fully saturated rings. The van der Waals surface area contributed by atoms with Crippen LogP contribution in [0.4, 0.5) is 5.82 Å². The van der Waals surface area contributed by atoms with E-state index < -0.39 is 0 Å². The van der Waals surface area contributed by atoms with Crippen molar-refractivity contribution in [3.8, 4) is 11.6 Å². The van der Waals surface area contributed by atoms with E-state index in [0.29, 0.717) is 46.4 Å². The van der Waals surface area contributed by atoms with Crippen LogP contribution in [0.3, 0.4) is 0 Å². The van der Waals surface area contributed by atoms with Gasteiger partial charge in [0.15, 0.2) is 16.1 Å². The quantitative estimate of drug-likeness (QED) is 0.568. The molecule has 0 radical (unpaired) electrons. The highest BCUT2D eigenvalue weighted by atomic mass is 79.9. The summed E-state index contributed by atoms with van der Waals surface area (Å²) in [7, 11) is 0. The lowest BCUT2D eigenvalue weighted by molar-refractivity contribution is 0.0747. The van der Waals surface area contributed by atoms with Crippen molar-refractivity contribution in [2.75, 3.05) is 38.5 Å². The first-order valence-corrected chi connectivity index (χ1v) is 10.2. The van der Waals surface area contributed by atoms with Crippen LogP contribution in [0.25, 0.3) is 17.2 Å². The van der Waals surface area contributed by atoms with Gasteiger partial charge in [-0.15, -0.1) is 5.10 Å². The molecule has 3 heterocycles. The molecule has 0 saturated carbocycles. The Morgan fingerprint density at radius 3 is 2.54 bits per heavy atom. The predicted octanol–water partition coefficient (Wildman–Crippen LogP) is 3.14. The topological polar surface area (TPSA) is 92.9 Å². The number of anilines is 1. The van der Waals surface area contributed by atoms with Gasteiger partial charge < -0.3 is 20.0 Å². The van der Waals surface area contributed by atoms with E-state index in [-0.39, 0.29) is 5.91 Å². The number of nitrogens with two attached hydrogens (primary N) is 1. The van der Waals surface area contributed by atoms with E-state index >= 15 is 0 Å². The van der Waals surface area contributed by atoms with Gasteiger partial charge in [0, 0.05) is 25.2 Å². The minimum Gasteiger partial charge on any atom is -0.446 e. The average molecular weight is 449 g/mol. The van der Waals surface area contributed by atoms with E-state index in [1.165, 1.54) is 4.52 Å². The maximum Gasteiger partial charge on any atom is 0.254 e. The molecule has 2 N–H and O–H groups in total. The Labute approximate surface area is 172 Å². The Bertz CT molecular complexity index is 963. The standard InChI is InChI=1S/C19H25BrN6O2/c1-4-24(5-2)9-10-25(6-3)19(27)13-11-16(21)26-17(12-13)22-18(23-26)14-7-8-15(20)28-14/h7-8,11-12H,4-6,9-10,21H2,1-3H3. The molecule has 3 aromatic heterocycles. The number of nitrogen functional groups attached to an aromatic ring is 1. The highest BCUT2D eigenvalue weighted by Crippen LogP contribution is 2.24. The summed E-state index contributed by atoms with van der Waals surface area (Å²) in [6.07, 6.45) is 0. The van der Waals surface area contributed by atoms with Crippen molar-refractivity contribution >= 4 is 33.3 Å². The number of furan rings is 1. The third-order valence-electron chi connectivity index (χ3n) is 4.75. The molecule has 150 valence electrons. The average Bonchev–Trinajstić information content (AvgIpc) is 3.31. The number of likely N-dealkylation sites (N-methyl/N-ethyl adjacent to an activating group) is 2. The summed E-state index contributed by atoms with van der Waals surface area (Å²) in [6, 6.07) is 6.90. The number of amides is 1. The lowest BCUT2D eigenvalue weighted by atomic mass is 10.2. The molecule has 28 heavy (non-hydrogen) atoms. The second-order valence-corrected chi connectivity index (χ2v) is 7.17. The van der Waals surface area contributed by atoms with E-state index in [2.05, 4.69) is 44.8 Å². The number of nitrogens with zero attached hydrogens (tertiary/aromatic N) is 5. The summed E-state index contributed by atoms with van der Waals surface area (Å²) in [5.74, 6) is 1.23. The molecule has 0 aromatic carbocycles. The largest absolute Gasteiger partial charge is 0.446 e. The van der Waals surface area contributed by atoms with Crippen molar-refractivity contribution in [2.45, 2.75) is 20.8 Å². The molecule has 0 saturated heterocycles. The first-order chi connectivity index (χ1) is 13.5. The van der Waals surface area contributed by atoms with Crippen LogP contribution < -0.4 is 5.73 Å². The highest BCUT2D eigenvalue weighted by Gasteiger charge is 2.19. The molecule has 0 bridgehead atoms. The number of carbonyl (C=O) groups excluding carboxylic acids is 1. The van der Waals surface area contributed by atoms with E-state index in [1.54, 1.807) is 24.3 Å². The van der Waals surface area contributed by atoms with Gasteiger partial charge in [0.2, 0.25) is 5.82 Å². The fourth-order valence-electron chi connectivity index (χ4n) is 3.06. The van der Waals surface area contributed by atoms with Gasteiger partial charge >= 0.3 is 0 Å². The van der Waals surface area contributed by atoms with Crippen LogP contribution >= 0.6 is 15.9 Å². The molecule has 0 unspecified atom stereocenters. The number of carbonyl (C=O) groups is 1. The molecule has 9 heteroatoms. The van der Waals surface area contributed by atoms with E-state index in [0.717, 1.165) is 19.6 Å². The van der Waals surface area contributed by atoms with Crippen molar-refractivity contribution in [2.24, 2.45) is 0 Å². The lowest BCUT2D eigenvalue weighted by Gasteiger charge is -2.25. The van der Waals surface area contributed by atoms with Crippen molar-refractivity contribution < 1.29 is 9.21 Å². The first-order valence-electron chi connectivity index (χ1n) is 9.40. The number of rotatable bonds is 8. The molecule has 3 aromatic rings. The number of hydrogen-bond acceptors (Lipinski definition) is 6. The SMILES string of the molecule is CCN(CC)CCN(CC)C(=O)c1cc(N)n2nc(-c3ccc(Br)o3)nc2c1. The summed E-state index contributed by atoms with van der Waals surface area (Å²) in [6.45, 7) is 10.3. The summed E-state index contributed by atoms with van der Waals surface area (Å²) >= 11 is 3.27. The molecule has 0 atom stereocenters. The predicted molar refractivity (Wildman–Crippen MR) is 112 cm³/mol. The molecule has 1 amide bonds. The van der Waals surface area contributed by atoms with E-state index in [1.807, 2.05) is 11.8 Å². The van der Waals surface area contributed by atoms with Crippen LogP contribution in [-0.4, -0.2) is 63.0 Å². The maximum absolute atomic E-state index is 13.0. The Morgan fingerprint density at radius 2 is 1.93 bits per heavy atom. The van der Waals surface area contributed by atoms with Gasteiger partial charge in [-0.2, -0.15) is 4.52 Å². The van der Waals surface area contributed by atoms with Gasteiger partial charge in [-0.3, -0.25) is 4.79 Å². The Hall–Kier alpha value is -2.39. The van der Waals surface area contributed by atoms with Crippen LogP contribution in [0.15, 0.2) is 33.4 Å². The number of fused-ring (bicyclic) bond motifs is 1. The summed E-state index contributed by atoms with van der Waals surface area (Å²) in [5.41, 5.74) is 7.15. The summed E-state index contributed by atoms with van der Waals surface area (Å²) in [4.78, 5) is 21.6. The molecule has 0 aliphatic carbocycles. The molecular formula is C19H25BrN6O2. The summed E-state index contributed by atoms with van der Waals surface area (Å²) in [5, 5.41) is 4.38. The number of aromatic nitrogens is 3. The van der Waals surface area contributed by atoms with Crippen molar-refractivity contribution in [3.63, 3.8) is 0 Å². The molecule has 0 aliphatic heterocycles. The van der Waals surface area contributed by atoms with Crippen LogP contribution in [0.2, 0.25) is 0 Å². The molecular weight excluding hydrogens is 424 g/mol. The van der Waals surface area contributed by atoms with Gasteiger partial charge in [0.1, 0.15) is 5.82 Å². The van der Waals surface area contributed by atoms with Crippen molar-refractivity contribution in [1.82, 2.24) is 24.4 Å². The Kier molecular flexibility index (Phi) is 6.35. The second kappa shape index (κ2) is 8.74. The molecule has 8 nitrogen and oxygen atoms in total. The smallest absolute Gasteiger partial charge is 0.254 e. The second-order valence-electron chi connectivity index (χ2n) is 6.39. The van der Waals surface area contributed by atoms with Gasteiger partial charge in [-0.05, 0) is 60.2 Å². The number of pyridine rings is 1. The van der Waals surface area contributed by atoms with Crippen LogP contribution in [0.5, 0.6) is 0 Å². The maximum atomic E-state index is 13.0. The van der Waals surface area contributed by atoms with Crippen LogP contribution in [0.1, 0.15) is 31.1 Å². The molecule has 0 spiro atoms. The zero-order valence-electron chi connectivity index (χ0n) is 16.4.